The van der Waals surface area contributed by atoms with Crippen molar-refractivity contribution >= 4 is 34.5 Å². The molecule has 0 saturated carbocycles. The van der Waals surface area contributed by atoms with Gasteiger partial charge in [0, 0.05) is 11.3 Å². The average molecular weight is 388 g/mol. The fourth-order valence-corrected chi connectivity index (χ4v) is 2.88. The van der Waals surface area contributed by atoms with Crippen molar-refractivity contribution in [2.45, 2.75) is 13.3 Å². The number of anilines is 1. The maximum Gasteiger partial charge on any atom is 0.191 e. The first-order valence-electron chi connectivity index (χ1n) is 8.96. The lowest BCUT2D eigenvalue weighted by Gasteiger charge is -2.10. The van der Waals surface area contributed by atoms with Gasteiger partial charge in [-0.3, -0.25) is 10.2 Å². The van der Waals surface area contributed by atoms with Gasteiger partial charge < -0.3 is 5.32 Å². The minimum Gasteiger partial charge on any atom is -0.331 e. The number of hydrazone groups is 1. The summed E-state index contributed by atoms with van der Waals surface area (Å²) in [5, 5.41) is 7.89. The van der Waals surface area contributed by atoms with E-state index in [1.54, 1.807) is 0 Å². The molecule has 0 radical (unpaired) electrons. The van der Waals surface area contributed by atoms with Crippen LogP contribution < -0.4 is 10.7 Å². The molecule has 2 N–H and O–H groups in total. The molecule has 3 aromatic rings. The van der Waals surface area contributed by atoms with Crippen molar-refractivity contribution in [3.8, 4) is 0 Å². The van der Waals surface area contributed by atoms with Gasteiger partial charge in [-0.1, -0.05) is 72.8 Å². The Balaban J connectivity index is 1.75. The number of carbonyl (C=O) groups is 1. The number of Topliss-reactive ketones (excluding diaryl/α,β-unsaturated/α-hetero) is 1. The normalized spacial score (nSPS) is 11.0. The topological polar surface area (TPSA) is 53.5 Å². The van der Waals surface area contributed by atoms with Gasteiger partial charge in [-0.2, -0.15) is 5.10 Å². The third kappa shape index (κ3) is 5.59. The predicted octanol–water partition coefficient (Wildman–Crippen LogP) is 4.96. The maximum absolute atomic E-state index is 12.6. The lowest BCUT2D eigenvalue weighted by atomic mass is 10.0. The lowest BCUT2D eigenvalue weighted by Crippen LogP contribution is -2.26. The lowest BCUT2D eigenvalue weighted by molar-refractivity contribution is 0.100. The van der Waals surface area contributed by atoms with E-state index >= 15 is 0 Å². The van der Waals surface area contributed by atoms with Crippen molar-refractivity contribution in [2.75, 3.05) is 5.32 Å². The number of thiocarbonyl (C=S) groups is 1. The number of rotatable bonds is 6. The van der Waals surface area contributed by atoms with E-state index in [1.807, 2.05) is 91.9 Å². The summed E-state index contributed by atoms with van der Waals surface area (Å²) in [5.74, 6) is 0.00237. The second kappa shape index (κ2) is 9.58. The van der Waals surface area contributed by atoms with Gasteiger partial charge in [0.2, 0.25) is 0 Å². The van der Waals surface area contributed by atoms with Crippen LogP contribution in [0.15, 0.2) is 90.0 Å². The fraction of sp³-hybridized carbons (Fsp3) is 0.0870. The minimum atomic E-state index is 0.00237. The molecule has 0 aliphatic carbocycles. The summed E-state index contributed by atoms with van der Waals surface area (Å²) in [6, 6.07) is 26.7. The Hall–Kier alpha value is -3.31. The molecule has 0 aliphatic rings. The fourth-order valence-electron chi connectivity index (χ4n) is 2.71. The summed E-state index contributed by atoms with van der Waals surface area (Å²) in [6.45, 7) is 2.02. The quantitative estimate of drug-likeness (QED) is 0.272. The van der Waals surface area contributed by atoms with Gasteiger partial charge in [-0.05, 0) is 42.4 Å². The predicted molar refractivity (Wildman–Crippen MR) is 119 cm³/mol. The molecule has 0 spiro atoms. The Kier molecular flexibility index (Phi) is 6.65. The van der Waals surface area contributed by atoms with Crippen LogP contribution in [0.5, 0.6) is 0 Å². The van der Waals surface area contributed by atoms with E-state index in [1.165, 1.54) is 0 Å². The van der Waals surface area contributed by atoms with Crippen molar-refractivity contribution in [2.24, 2.45) is 5.10 Å². The van der Waals surface area contributed by atoms with Crippen LogP contribution in [0.4, 0.5) is 5.69 Å². The first-order valence-corrected chi connectivity index (χ1v) is 9.36. The maximum atomic E-state index is 12.6. The standard InChI is InChI=1S/C23H21N3OS/c1-17-9-8-14-20(15-17)24-23(28)26-25-21(18-10-4-2-5-11-18)16-22(27)19-12-6-3-7-13-19/h2-15H,16H2,1H3,(H2,24,26,28)/b25-21+. The number of benzene rings is 3. The molecule has 0 unspecified atom stereocenters. The number of hydrogen-bond acceptors (Lipinski definition) is 3. The molecular weight excluding hydrogens is 366 g/mol. The Morgan fingerprint density at radius 3 is 2.18 bits per heavy atom. The number of aryl methyl sites for hydroxylation is 1. The van der Waals surface area contributed by atoms with Crippen molar-refractivity contribution < 1.29 is 4.79 Å². The molecule has 0 fully saturated rings. The molecule has 0 aliphatic heterocycles. The van der Waals surface area contributed by atoms with Gasteiger partial charge in [-0.25, -0.2) is 0 Å². The largest absolute Gasteiger partial charge is 0.331 e. The van der Waals surface area contributed by atoms with Gasteiger partial charge in [0.15, 0.2) is 10.9 Å². The van der Waals surface area contributed by atoms with Crippen LogP contribution in [0.3, 0.4) is 0 Å². The summed E-state index contributed by atoms with van der Waals surface area (Å²) >= 11 is 5.34. The zero-order valence-electron chi connectivity index (χ0n) is 15.6. The second-order valence-electron chi connectivity index (χ2n) is 6.33. The van der Waals surface area contributed by atoms with Crippen LogP contribution in [0.1, 0.15) is 27.9 Å². The van der Waals surface area contributed by atoms with E-state index in [9.17, 15) is 4.79 Å². The van der Waals surface area contributed by atoms with E-state index < -0.39 is 0 Å². The zero-order chi connectivity index (χ0) is 19.8. The summed E-state index contributed by atoms with van der Waals surface area (Å²) in [7, 11) is 0. The Bertz CT molecular complexity index is 985. The monoisotopic (exact) mass is 387 g/mol. The SMILES string of the molecule is Cc1cccc(NC(=S)N/N=C(\CC(=O)c2ccccc2)c2ccccc2)c1. The molecule has 4 nitrogen and oxygen atoms in total. The third-order valence-electron chi connectivity index (χ3n) is 4.10. The number of nitrogens with one attached hydrogen (secondary N) is 2. The zero-order valence-corrected chi connectivity index (χ0v) is 16.4. The molecule has 140 valence electrons. The van der Waals surface area contributed by atoms with Gasteiger partial charge >= 0.3 is 0 Å². The highest BCUT2D eigenvalue weighted by molar-refractivity contribution is 7.80. The Labute approximate surface area is 170 Å². The number of ketones is 1. The smallest absolute Gasteiger partial charge is 0.191 e. The summed E-state index contributed by atoms with van der Waals surface area (Å²) in [4.78, 5) is 12.6. The van der Waals surface area contributed by atoms with Crippen molar-refractivity contribution in [3.63, 3.8) is 0 Å². The van der Waals surface area contributed by atoms with E-state index in [2.05, 4.69) is 15.8 Å². The molecule has 0 saturated heterocycles. The number of hydrogen-bond donors (Lipinski definition) is 2. The number of carbonyl (C=O) groups excluding carboxylic acids is 1. The molecule has 0 heterocycles. The molecule has 3 aromatic carbocycles. The molecule has 28 heavy (non-hydrogen) atoms. The Morgan fingerprint density at radius 1 is 0.893 bits per heavy atom. The summed E-state index contributed by atoms with van der Waals surface area (Å²) < 4.78 is 0. The van der Waals surface area contributed by atoms with Crippen molar-refractivity contribution in [1.82, 2.24) is 5.43 Å². The number of nitrogens with zero attached hydrogens (tertiary/aromatic N) is 1. The highest BCUT2D eigenvalue weighted by Gasteiger charge is 2.12. The van der Waals surface area contributed by atoms with Crippen LogP contribution in [-0.2, 0) is 0 Å². The van der Waals surface area contributed by atoms with E-state index in [0.29, 0.717) is 16.4 Å². The average Bonchev–Trinajstić information content (AvgIpc) is 2.72. The summed E-state index contributed by atoms with van der Waals surface area (Å²) in [5.41, 5.74) is 7.04. The molecule has 0 atom stereocenters. The second-order valence-corrected chi connectivity index (χ2v) is 6.73. The molecule has 0 amide bonds. The van der Waals surface area contributed by atoms with Gasteiger partial charge in [-0.15, -0.1) is 0 Å². The van der Waals surface area contributed by atoms with Gasteiger partial charge in [0.25, 0.3) is 0 Å². The van der Waals surface area contributed by atoms with E-state index in [0.717, 1.165) is 16.8 Å². The van der Waals surface area contributed by atoms with Crippen LogP contribution in [0.25, 0.3) is 0 Å². The molecule has 0 aromatic heterocycles. The molecule has 0 bridgehead atoms. The van der Waals surface area contributed by atoms with Gasteiger partial charge in [0.1, 0.15) is 0 Å². The van der Waals surface area contributed by atoms with Crippen molar-refractivity contribution in [1.29, 1.82) is 0 Å². The van der Waals surface area contributed by atoms with Crippen LogP contribution in [0.2, 0.25) is 0 Å². The van der Waals surface area contributed by atoms with Crippen LogP contribution in [-0.4, -0.2) is 16.6 Å². The summed E-state index contributed by atoms with van der Waals surface area (Å²) in [6.07, 6.45) is 0.175. The molecular formula is C23H21N3OS. The first-order chi connectivity index (χ1) is 13.6. The highest BCUT2D eigenvalue weighted by Crippen LogP contribution is 2.11. The molecule has 3 rings (SSSR count). The first kappa shape index (κ1) is 19.5. The highest BCUT2D eigenvalue weighted by atomic mass is 32.1. The minimum absolute atomic E-state index is 0.00237. The van der Waals surface area contributed by atoms with Crippen molar-refractivity contribution in [3.05, 3.63) is 102 Å². The molecule has 5 heteroatoms. The Morgan fingerprint density at radius 2 is 1.54 bits per heavy atom. The third-order valence-corrected chi connectivity index (χ3v) is 4.29. The van der Waals surface area contributed by atoms with E-state index in [-0.39, 0.29) is 12.2 Å². The van der Waals surface area contributed by atoms with Crippen LogP contribution in [0, 0.1) is 6.92 Å². The van der Waals surface area contributed by atoms with Gasteiger partial charge in [0.05, 0.1) is 12.1 Å². The van der Waals surface area contributed by atoms with Crippen LogP contribution >= 0.6 is 12.2 Å². The van der Waals surface area contributed by atoms with E-state index in [4.69, 9.17) is 12.2 Å².